The Morgan fingerprint density at radius 3 is 2.42 bits per heavy atom. The van der Waals surface area contributed by atoms with E-state index in [1.165, 1.54) is 23.5 Å². The monoisotopic (exact) mass is 346 g/mol. The Morgan fingerprint density at radius 2 is 1.83 bits per heavy atom. The molecule has 0 spiro atoms. The van der Waals surface area contributed by atoms with Gasteiger partial charge in [-0.05, 0) is 30.7 Å². The summed E-state index contributed by atoms with van der Waals surface area (Å²) in [5.74, 6) is -1.42. The van der Waals surface area contributed by atoms with Crippen LogP contribution in [0.1, 0.15) is 44.5 Å². The number of carbonyl (C=O) groups excluding carboxylic acids is 2. The van der Waals surface area contributed by atoms with Crippen molar-refractivity contribution in [2.24, 2.45) is 0 Å². The summed E-state index contributed by atoms with van der Waals surface area (Å²) >= 11 is 1.36. The lowest BCUT2D eigenvalue weighted by Crippen LogP contribution is -2.23. The lowest BCUT2D eigenvalue weighted by atomic mass is 10.1. The highest BCUT2D eigenvalue weighted by Crippen LogP contribution is 2.27. The van der Waals surface area contributed by atoms with E-state index in [-0.39, 0.29) is 23.9 Å². The summed E-state index contributed by atoms with van der Waals surface area (Å²) in [7, 11) is 0. The van der Waals surface area contributed by atoms with E-state index >= 15 is 0 Å². The number of aromatic carboxylic acids is 1. The minimum absolute atomic E-state index is 0.143. The molecule has 0 saturated carbocycles. The van der Waals surface area contributed by atoms with Crippen LogP contribution in [0.2, 0.25) is 0 Å². The summed E-state index contributed by atoms with van der Waals surface area (Å²) in [6.07, 6.45) is 0.341. The van der Waals surface area contributed by atoms with Crippen molar-refractivity contribution in [3.63, 3.8) is 0 Å². The molecule has 0 atom stereocenters. The number of carboxylic acid groups (broad SMARTS) is 1. The topological polar surface area (TPSA) is 95.5 Å². The number of rotatable bonds is 6. The predicted molar refractivity (Wildman–Crippen MR) is 92.5 cm³/mol. The summed E-state index contributed by atoms with van der Waals surface area (Å²) in [5.41, 5.74) is 1.42. The highest BCUT2D eigenvalue weighted by molar-refractivity contribution is 7.16. The molecule has 1 aromatic carbocycles. The molecular formula is C17H18N2O4S. The van der Waals surface area contributed by atoms with Crippen molar-refractivity contribution in [2.45, 2.75) is 26.8 Å². The van der Waals surface area contributed by atoms with Gasteiger partial charge in [0.2, 0.25) is 5.91 Å². The summed E-state index contributed by atoms with van der Waals surface area (Å²) in [5, 5.41) is 14.9. The van der Waals surface area contributed by atoms with Crippen LogP contribution < -0.4 is 10.6 Å². The normalized spacial score (nSPS) is 10.2. The molecule has 126 valence electrons. The molecule has 2 aromatic rings. The molecule has 6 nitrogen and oxygen atoms in total. The van der Waals surface area contributed by atoms with E-state index in [2.05, 4.69) is 10.6 Å². The standard InChI is InChI=1S/C17H18N2O4S/c1-3-14(20)19-16-13(8-10(2)24-16)15(21)18-9-11-4-6-12(7-5-11)17(22)23/h4-8H,3,9H2,1-2H3,(H,18,21)(H,19,20)(H,22,23). The molecule has 0 fully saturated rings. The van der Waals surface area contributed by atoms with Crippen LogP contribution in [0.3, 0.4) is 0 Å². The van der Waals surface area contributed by atoms with Gasteiger partial charge >= 0.3 is 5.97 Å². The second-order valence-electron chi connectivity index (χ2n) is 5.19. The molecule has 0 aliphatic carbocycles. The fourth-order valence-corrected chi connectivity index (χ4v) is 2.96. The van der Waals surface area contributed by atoms with E-state index < -0.39 is 5.97 Å². The molecular weight excluding hydrogens is 328 g/mol. The van der Waals surface area contributed by atoms with Crippen LogP contribution in [0.25, 0.3) is 0 Å². The average Bonchev–Trinajstić information content (AvgIpc) is 2.93. The van der Waals surface area contributed by atoms with E-state index in [1.54, 1.807) is 25.1 Å². The van der Waals surface area contributed by atoms with Gasteiger partial charge in [-0.3, -0.25) is 9.59 Å². The van der Waals surface area contributed by atoms with Crippen molar-refractivity contribution in [1.29, 1.82) is 0 Å². The van der Waals surface area contributed by atoms with Crippen LogP contribution in [-0.4, -0.2) is 22.9 Å². The fraction of sp³-hybridized carbons (Fsp3) is 0.235. The van der Waals surface area contributed by atoms with Crippen molar-refractivity contribution >= 4 is 34.1 Å². The van der Waals surface area contributed by atoms with Crippen molar-refractivity contribution in [1.82, 2.24) is 5.32 Å². The largest absolute Gasteiger partial charge is 0.478 e. The highest BCUT2D eigenvalue weighted by atomic mass is 32.1. The van der Waals surface area contributed by atoms with Gasteiger partial charge in [0.15, 0.2) is 0 Å². The van der Waals surface area contributed by atoms with Crippen LogP contribution in [-0.2, 0) is 11.3 Å². The Kier molecular flexibility index (Phi) is 5.70. The Hall–Kier alpha value is -2.67. The van der Waals surface area contributed by atoms with E-state index in [4.69, 9.17) is 5.11 Å². The van der Waals surface area contributed by atoms with Crippen LogP contribution in [0.4, 0.5) is 5.00 Å². The quantitative estimate of drug-likeness (QED) is 0.749. The van der Waals surface area contributed by atoms with Gasteiger partial charge in [-0.15, -0.1) is 11.3 Å². The summed E-state index contributed by atoms with van der Waals surface area (Å²) in [6.45, 7) is 3.89. The van der Waals surface area contributed by atoms with Gasteiger partial charge in [0, 0.05) is 17.8 Å². The summed E-state index contributed by atoms with van der Waals surface area (Å²) in [6, 6.07) is 8.03. The second-order valence-corrected chi connectivity index (χ2v) is 6.44. The highest BCUT2D eigenvalue weighted by Gasteiger charge is 2.16. The molecule has 0 unspecified atom stereocenters. The van der Waals surface area contributed by atoms with E-state index in [9.17, 15) is 14.4 Å². The first-order valence-electron chi connectivity index (χ1n) is 7.41. The number of anilines is 1. The molecule has 2 rings (SSSR count). The third-order valence-corrected chi connectivity index (χ3v) is 4.29. The minimum Gasteiger partial charge on any atom is -0.478 e. The van der Waals surface area contributed by atoms with Gasteiger partial charge in [-0.25, -0.2) is 4.79 Å². The van der Waals surface area contributed by atoms with Gasteiger partial charge in [-0.2, -0.15) is 0 Å². The first kappa shape index (κ1) is 17.7. The Bertz CT molecular complexity index is 765. The maximum Gasteiger partial charge on any atom is 0.335 e. The number of carbonyl (C=O) groups is 3. The number of aryl methyl sites for hydroxylation is 1. The van der Waals surface area contributed by atoms with E-state index in [1.807, 2.05) is 6.92 Å². The Balaban J connectivity index is 2.04. The fourth-order valence-electron chi connectivity index (χ4n) is 2.03. The number of hydrogen-bond acceptors (Lipinski definition) is 4. The Morgan fingerprint density at radius 1 is 1.17 bits per heavy atom. The molecule has 0 aliphatic rings. The molecule has 7 heteroatoms. The third-order valence-electron chi connectivity index (χ3n) is 3.33. The lowest BCUT2D eigenvalue weighted by molar-refractivity contribution is -0.115. The zero-order chi connectivity index (χ0) is 17.7. The van der Waals surface area contributed by atoms with E-state index in [0.29, 0.717) is 17.0 Å². The number of hydrogen-bond donors (Lipinski definition) is 3. The zero-order valence-electron chi connectivity index (χ0n) is 13.4. The average molecular weight is 346 g/mol. The molecule has 0 saturated heterocycles. The smallest absolute Gasteiger partial charge is 0.335 e. The van der Waals surface area contributed by atoms with E-state index in [0.717, 1.165) is 10.4 Å². The molecule has 0 radical (unpaired) electrons. The SMILES string of the molecule is CCC(=O)Nc1sc(C)cc1C(=O)NCc1ccc(C(=O)O)cc1. The van der Waals surface area contributed by atoms with Gasteiger partial charge in [0.1, 0.15) is 5.00 Å². The van der Waals surface area contributed by atoms with Crippen LogP contribution in [0, 0.1) is 6.92 Å². The second kappa shape index (κ2) is 7.74. The number of nitrogens with one attached hydrogen (secondary N) is 2. The molecule has 0 aliphatic heterocycles. The molecule has 2 amide bonds. The van der Waals surface area contributed by atoms with Crippen molar-refractivity contribution in [3.8, 4) is 0 Å². The van der Waals surface area contributed by atoms with Gasteiger partial charge in [0.05, 0.1) is 11.1 Å². The maximum absolute atomic E-state index is 12.3. The molecule has 0 bridgehead atoms. The van der Waals surface area contributed by atoms with Crippen molar-refractivity contribution in [2.75, 3.05) is 5.32 Å². The number of carboxylic acids is 1. The maximum atomic E-state index is 12.3. The third kappa shape index (κ3) is 4.42. The van der Waals surface area contributed by atoms with Gasteiger partial charge in [-0.1, -0.05) is 19.1 Å². The van der Waals surface area contributed by atoms with Crippen LogP contribution in [0.15, 0.2) is 30.3 Å². The Labute approximate surface area is 143 Å². The first-order chi connectivity index (χ1) is 11.4. The zero-order valence-corrected chi connectivity index (χ0v) is 14.2. The molecule has 1 heterocycles. The predicted octanol–water partition coefficient (Wildman–Crippen LogP) is 3.03. The summed E-state index contributed by atoms with van der Waals surface area (Å²) in [4.78, 5) is 35.6. The molecule has 1 aromatic heterocycles. The summed E-state index contributed by atoms with van der Waals surface area (Å²) < 4.78 is 0. The number of amides is 2. The van der Waals surface area contributed by atoms with Crippen molar-refractivity contribution in [3.05, 3.63) is 51.9 Å². The van der Waals surface area contributed by atoms with Crippen molar-refractivity contribution < 1.29 is 19.5 Å². The number of thiophene rings is 1. The van der Waals surface area contributed by atoms with Gasteiger partial charge < -0.3 is 15.7 Å². The molecule has 3 N–H and O–H groups in total. The minimum atomic E-state index is -0.990. The van der Waals surface area contributed by atoms with Crippen LogP contribution in [0.5, 0.6) is 0 Å². The van der Waals surface area contributed by atoms with Crippen LogP contribution >= 0.6 is 11.3 Å². The lowest BCUT2D eigenvalue weighted by Gasteiger charge is -2.07. The van der Waals surface area contributed by atoms with Gasteiger partial charge in [0.25, 0.3) is 5.91 Å². The first-order valence-corrected chi connectivity index (χ1v) is 8.23. The molecule has 24 heavy (non-hydrogen) atoms. The number of benzene rings is 1.